The van der Waals surface area contributed by atoms with Crippen molar-refractivity contribution in [2.24, 2.45) is 0 Å². The maximum Gasteiger partial charge on any atom is 0.227 e. The first kappa shape index (κ1) is 16.4. The SMILES string of the molecule is CCCn1nc(NC(=O)CCOCC)c2cc3ccccc3nc21. The van der Waals surface area contributed by atoms with E-state index in [0.717, 1.165) is 34.9 Å². The van der Waals surface area contributed by atoms with Gasteiger partial charge in [-0.15, -0.1) is 0 Å². The van der Waals surface area contributed by atoms with Crippen molar-refractivity contribution < 1.29 is 9.53 Å². The van der Waals surface area contributed by atoms with E-state index in [-0.39, 0.29) is 5.91 Å². The number of hydrogen-bond acceptors (Lipinski definition) is 4. The van der Waals surface area contributed by atoms with Crippen LogP contribution < -0.4 is 5.32 Å². The summed E-state index contributed by atoms with van der Waals surface area (Å²) in [4.78, 5) is 16.8. The van der Waals surface area contributed by atoms with E-state index >= 15 is 0 Å². The molecular weight excluding hydrogens is 304 g/mol. The van der Waals surface area contributed by atoms with Crippen LogP contribution in [0.15, 0.2) is 30.3 Å². The van der Waals surface area contributed by atoms with E-state index < -0.39 is 0 Å². The zero-order valence-corrected chi connectivity index (χ0v) is 14.1. The van der Waals surface area contributed by atoms with Crippen molar-refractivity contribution in [1.82, 2.24) is 14.8 Å². The Balaban J connectivity index is 1.97. The van der Waals surface area contributed by atoms with E-state index in [2.05, 4.69) is 17.3 Å². The number of carbonyl (C=O) groups is 1. The molecule has 1 N–H and O–H groups in total. The van der Waals surface area contributed by atoms with Crippen LogP contribution in [0.4, 0.5) is 5.82 Å². The standard InChI is InChI=1S/C18H22N4O2/c1-3-10-22-18-14(12-13-7-5-6-8-15(13)19-18)17(21-22)20-16(23)9-11-24-4-2/h5-8,12H,3-4,9-11H2,1-2H3,(H,20,21,23). The molecule has 3 rings (SSSR count). The van der Waals surface area contributed by atoms with Gasteiger partial charge in [-0.2, -0.15) is 5.10 Å². The van der Waals surface area contributed by atoms with Gasteiger partial charge >= 0.3 is 0 Å². The predicted octanol–water partition coefficient (Wildman–Crippen LogP) is 3.36. The number of pyridine rings is 1. The summed E-state index contributed by atoms with van der Waals surface area (Å²) in [6.07, 6.45) is 1.26. The van der Waals surface area contributed by atoms with Crippen molar-refractivity contribution in [3.8, 4) is 0 Å². The molecule has 3 aromatic rings. The lowest BCUT2D eigenvalue weighted by molar-refractivity contribution is -0.117. The zero-order valence-electron chi connectivity index (χ0n) is 14.1. The number of nitrogens with one attached hydrogen (secondary N) is 1. The number of amides is 1. The molecule has 2 heterocycles. The summed E-state index contributed by atoms with van der Waals surface area (Å²) in [6, 6.07) is 9.98. The molecule has 6 heteroatoms. The highest BCUT2D eigenvalue weighted by atomic mass is 16.5. The van der Waals surface area contributed by atoms with Crippen molar-refractivity contribution in [3.05, 3.63) is 30.3 Å². The van der Waals surface area contributed by atoms with E-state index in [4.69, 9.17) is 9.72 Å². The number of anilines is 1. The van der Waals surface area contributed by atoms with E-state index in [1.165, 1.54) is 0 Å². The maximum atomic E-state index is 12.1. The Hall–Kier alpha value is -2.47. The van der Waals surface area contributed by atoms with Gasteiger partial charge in [0, 0.05) is 18.5 Å². The summed E-state index contributed by atoms with van der Waals surface area (Å²) in [5.41, 5.74) is 1.73. The lowest BCUT2D eigenvalue weighted by Crippen LogP contribution is -2.15. The Morgan fingerprint density at radius 1 is 1.29 bits per heavy atom. The van der Waals surface area contributed by atoms with Gasteiger partial charge in [0.05, 0.1) is 23.9 Å². The number of ether oxygens (including phenoxy) is 1. The van der Waals surface area contributed by atoms with Gasteiger partial charge in [-0.25, -0.2) is 9.67 Å². The highest BCUT2D eigenvalue weighted by Gasteiger charge is 2.15. The van der Waals surface area contributed by atoms with Crippen LogP contribution in [0, 0.1) is 0 Å². The highest BCUT2D eigenvalue weighted by molar-refractivity contribution is 6.02. The smallest absolute Gasteiger partial charge is 0.227 e. The number of para-hydroxylation sites is 1. The molecular formula is C18H22N4O2. The van der Waals surface area contributed by atoms with Crippen LogP contribution >= 0.6 is 0 Å². The van der Waals surface area contributed by atoms with Crippen LogP contribution in [0.3, 0.4) is 0 Å². The Kier molecular flexibility index (Phi) is 5.05. The molecule has 0 aliphatic rings. The topological polar surface area (TPSA) is 69.0 Å². The Morgan fingerprint density at radius 3 is 2.92 bits per heavy atom. The molecule has 0 spiro atoms. The molecule has 1 aromatic carbocycles. The molecule has 0 atom stereocenters. The quantitative estimate of drug-likeness (QED) is 0.676. The van der Waals surface area contributed by atoms with Crippen LogP contribution in [-0.2, 0) is 16.1 Å². The second-order valence-corrected chi connectivity index (χ2v) is 5.62. The lowest BCUT2D eigenvalue weighted by Gasteiger charge is -2.03. The average molecular weight is 326 g/mol. The van der Waals surface area contributed by atoms with Crippen LogP contribution in [0.2, 0.25) is 0 Å². The molecule has 0 saturated heterocycles. The molecule has 0 saturated carbocycles. The normalized spacial score (nSPS) is 11.2. The molecule has 0 aliphatic carbocycles. The molecule has 6 nitrogen and oxygen atoms in total. The van der Waals surface area contributed by atoms with Crippen molar-refractivity contribution in [2.75, 3.05) is 18.5 Å². The minimum atomic E-state index is -0.0975. The number of hydrogen-bond donors (Lipinski definition) is 1. The number of benzene rings is 1. The Labute approximate surface area is 140 Å². The number of fused-ring (bicyclic) bond motifs is 2. The third kappa shape index (κ3) is 3.38. The van der Waals surface area contributed by atoms with Crippen LogP contribution in [0.5, 0.6) is 0 Å². The minimum Gasteiger partial charge on any atom is -0.381 e. The van der Waals surface area contributed by atoms with Crippen molar-refractivity contribution in [2.45, 2.75) is 33.2 Å². The molecule has 0 fully saturated rings. The zero-order chi connectivity index (χ0) is 16.9. The Morgan fingerprint density at radius 2 is 2.12 bits per heavy atom. The predicted molar refractivity (Wildman–Crippen MR) is 95.1 cm³/mol. The molecule has 1 amide bonds. The van der Waals surface area contributed by atoms with Crippen molar-refractivity contribution in [1.29, 1.82) is 0 Å². The fraction of sp³-hybridized carbons (Fsp3) is 0.389. The molecule has 2 aromatic heterocycles. The summed E-state index contributed by atoms with van der Waals surface area (Å²) >= 11 is 0. The summed E-state index contributed by atoms with van der Waals surface area (Å²) in [7, 11) is 0. The molecule has 24 heavy (non-hydrogen) atoms. The van der Waals surface area contributed by atoms with E-state index in [9.17, 15) is 4.79 Å². The lowest BCUT2D eigenvalue weighted by atomic mass is 10.2. The van der Waals surface area contributed by atoms with E-state index in [1.807, 2.05) is 41.9 Å². The van der Waals surface area contributed by atoms with Gasteiger partial charge in [-0.3, -0.25) is 4.79 Å². The first-order valence-corrected chi connectivity index (χ1v) is 8.36. The summed E-state index contributed by atoms with van der Waals surface area (Å²) < 4.78 is 7.09. The fourth-order valence-electron chi connectivity index (χ4n) is 2.66. The molecule has 0 aliphatic heterocycles. The van der Waals surface area contributed by atoms with Crippen molar-refractivity contribution in [3.63, 3.8) is 0 Å². The number of aryl methyl sites for hydroxylation is 1. The third-order valence-corrected chi connectivity index (χ3v) is 3.79. The third-order valence-electron chi connectivity index (χ3n) is 3.79. The number of rotatable bonds is 7. The number of aromatic nitrogens is 3. The molecule has 126 valence electrons. The first-order chi connectivity index (χ1) is 11.7. The van der Waals surface area contributed by atoms with Gasteiger partial charge in [-0.1, -0.05) is 25.1 Å². The van der Waals surface area contributed by atoms with Crippen LogP contribution in [-0.4, -0.2) is 33.9 Å². The highest BCUT2D eigenvalue weighted by Crippen LogP contribution is 2.26. The first-order valence-electron chi connectivity index (χ1n) is 8.36. The summed E-state index contributed by atoms with van der Waals surface area (Å²) in [6.45, 7) is 5.79. The number of carbonyl (C=O) groups excluding carboxylic acids is 1. The van der Waals surface area contributed by atoms with Gasteiger partial charge in [0.2, 0.25) is 5.91 Å². The van der Waals surface area contributed by atoms with Gasteiger partial charge in [0.25, 0.3) is 0 Å². The second-order valence-electron chi connectivity index (χ2n) is 5.62. The van der Waals surface area contributed by atoms with Gasteiger partial charge in [-0.05, 0) is 25.5 Å². The monoisotopic (exact) mass is 326 g/mol. The van der Waals surface area contributed by atoms with Crippen LogP contribution in [0.1, 0.15) is 26.7 Å². The minimum absolute atomic E-state index is 0.0975. The van der Waals surface area contributed by atoms with Gasteiger partial charge in [0.15, 0.2) is 11.5 Å². The second kappa shape index (κ2) is 7.40. The maximum absolute atomic E-state index is 12.1. The van der Waals surface area contributed by atoms with E-state index in [1.54, 1.807) is 0 Å². The van der Waals surface area contributed by atoms with Crippen molar-refractivity contribution >= 4 is 33.7 Å². The Bertz CT molecular complexity index is 857. The van der Waals surface area contributed by atoms with E-state index in [0.29, 0.717) is 25.5 Å². The average Bonchev–Trinajstić information content (AvgIpc) is 2.90. The molecule has 0 bridgehead atoms. The van der Waals surface area contributed by atoms with Gasteiger partial charge in [0.1, 0.15) is 0 Å². The van der Waals surface area contributed by atoms with Gasteiger partial charge < -0.3 is 10.1 Å². The largest absolute Gasteiger partial charge is 0.381 e. The summed E-state index contributed by atoms with van der Waals surface area (Å²) in [5.74, 6) is 0.470. The molecule has 0 unspecified atom stereocenters. The van der Waals surface area contributed by atoms with Crippen LogP contribution in [0.25, 0.3) is 21.9 Å². The molecule has 0 radical (unpaired) electrons. The summed E-state index contributed by atoms with van der Waals surface area (Å²) in [5, 5.41) is 9.35. The fourth-order valence-corrected chi connectivity index (χ4v) is 2.66. The number of nitrogens with zero attached hydrogens (tertiary/aromatic N) is 3.